The van der Waals surface area contributed by atoms with E-state index in [1.165, 1.54) is 11.8 Å². The Morgan fingerprint density at radius 2 is 2.17 bits per heavy atom. The van der Waals surface area contributed by atoms with Gasteiger partial charge in [0, 0.05) is 44.5 Å². The van der Waals surface area contributed by atoms with Crippen LogP contribution in [0.2, 0.25) is 0 Å². The molecule has 1 N–H and O–H groups in total. The molecule has 0 fully saturated rings. The van der Waals surface area contributed by atoms with E-state index >= 15 is 0 Å². The minimum atomic E-state index is -0.483. The zero-order chi connectivity index (χ0) is 12.2. The number of aryl methyl sites for hydroxylation is 1. The van der Waals surface area contributed by atoms with Crippen LogP contribution >= 0.6 is 11.8 Å². The van der Waals surface area contributed by atoms with Gasteiger partial charge in [-0.05, 0) is 19.4 Å². The normalized spacial score (nSPS) is 21.7. The SMILES string of the molecule is Cc1cn2c3c(c[c-]cc3c1=O)SC(O)C2C.[Y]. The van der Waals surface area contributed by atoms with E-state index in [0.29, 0.717) is 10.9 Å². The number of rotatable bonds is 0. The van der Waals surface area contributed by atoms with Crippen LogP contribution in [0.1, 0.15) is 18.5 Å². The minimum Gasteiger partial charge on any atom is -0.381 e. The topological polar surface area (TPSA) is 42.2 Å². The maximum Gasteiger partial charge on any atom is 0.137 e. The fourth-order valence-corrected chi connectivity index (χ4v) is 3.28. The predicted molar refractivity (Wildman–Crippen MR) is 68.4 cm³/mol. The summed E-state index contributed by atoms with van der Waals surface area (Å²) in [5.74, 6) is 0. The second kappa shape index (κ2) is 5.08. The molecule has 5 heteroatoms. The molecule has 1 aromatic carbocycles. The number of hydrogen-bond acceptors (Lipinski definition) is 3. The largest absolute Gasteiger partial charge is 0.381 e. The molecule has 0 amide bonds. The first-order valence-electron chi connectivity index (χ1n) is 5.50. The molecule has 3 nitrogen and oxygen atoms in total. The summed E-state index contributed by atoms with van der Waals surface area (Å²) in [6.45, 7) is 3.76. The molecule has 3 rings (SSSR count). The fourth-order valence-electron chi connectivity index (χ4n) is 2.23. The molecule has 2 unspecified atom stereocenters. The molecule has 1 aromatic heterocycles. The first-order valence-corrected chi connectivity index (χ1v) is 6.38. The van der Waals surface area contributed by atoms with Gasteiger partial charge in [-0.25, -0.2) is 0 Å². The van der Waals surface area contributed by atoms with Gasteiger partial charge in [0.15, 0.2) is 0 Å². The van der Waals surface area contributed by atoms with Gasteiger partial charge in [0.25, 0.3) is 0 Å². The van der Waals surface area contributed by atoms with Gasteiger partial charge in [0.05, 0.1) is 6.04 Å². The summed E-state index contributed by atoms with van der Waals surface area (Å²) in [5, 5.41) is 10.7. The molecule has 0 bridgehead atoms. The van der Waals surface area contributed by atoms with Crippen molar-refractivity contribution in [1.82, 2.24) is 4.57 Å². The van der Waals surface area contributed by atoms with Gasteiger partial charge >= 0.3 is 0 Å². The van der Waals surface area contributed by atoms with E-state index in [-0.39, 0.29) is 44.2 Å². The Morgan fingerprint density at radius 3 is 2.89 bits per heavy atom. The molecule has 0 aliphatic carbocycles. The first-order chi connectivity index (χ1) is 8.09. The molecule has 2 aromatic rings. The molecular weight excluding hydrogens is 323 g/mol. The molecule has 2 heterocycles. The van der Waals surface area contributed by atoms with Gasteiger partial charge < -0.3 is 14.5 Å². The van der Waals surface area contributed by atoms with Crippen LogP contribution in [0.5, 0.6) is 0 Å². The number of nitrogens with zero attached hydrogens (tertiary/aromatic N) is 1. The van der Waals surface area contributed by atoms with E-state index in [1.807, 2.05) is 23.8 Å². The third-order valence-electron chi connectivity index (χ3n) is 3.22. The number of aromatic nitrogens is 1. The molecule has 1 aliphatic heterocycles. The molecular formula is C13H12NO2SY-. The average Bonchev–Trinajstić information content (AvgIpc) is 2.31. The molecule has 0 spiro atoms. The summed E-state index contributed by atoms with van der Waals surface area (Å²) in [4.78, 5) is 13.0. The van der Waals surface area contributed by atoms with Gasteiger partial charge in [-0.1, -0.05) is 10.3 Å². The standard InChI is InChI=1S/C13H12NO2S.Y/c1-7-6-14-8(2)13(16)17-10-5-3-4-9(11(10)14)12(7)15;/h4-6,8,13,16H,1-2H3;/q-1;. The van der Waals surface area contributed by atoms with E-state index in [0.717, 1.165) is 10.4 Å². The van der Waals surface area contributed by atoms with Gasteiger partial charge in [-0.15, -0.1) is 0 Å². The Hall–Kier alpha value is -0.156. The molecule has 0 saturated heterocycles. The summed E-state index contributed by atoms with van der Waals surface area (Å²) in [5.41, 5.74) is 1.19. The van der Waals surface area contributed by atoms with Crippen LogP contribution in [-0.4, -0.2) is 15.1 Å². The third kappa shape index (κ3) is 1.99. The van der Waals surface area contributed by atoms with Crippen molar-refractivity contribution in [3.8, 4) is 0 Å². The number of benzene rings is 1. The zero-order valence-corrected chi connectivity index (χ0v) is 13.8. The van der Waals surface area contributed by atoms with E-state index in [4.69, 9.17) is 0 Å². The molecule has 0 saturated carbocycles. The van der Waals surface area contributed by atoms with Crippen molar-refractivity contribution >= 4 is 22.7 Å². The smallest absolute Gasteiger partial charge is 0.137 e. The predicted octanol–water partition coefficient (Wildman–Crippen LogP) is 2.09. The summed E-state index contributed by atoms with van der Waals surface area (Å²) < 4.78 is 2.00. The Labute approximate surface area is 134 Å². The van der Waals surface area contributed by atoms with Crippen molar-refractivity contribution in [3.05, 3.63) is 40.2 Å². The Balaban J connectivity index is 0.00000120. The van der Waals surface area contributed by atoms with Crippen molar-refractivity contribution in [3.63, 3.8) is 0 Å². The number of aliphatic hydroxyl groups is 1. The van der Waals surface area contributed by atoms with Crippen LogP contribution in [-0.2, 0) is 32.7 Å². The van der Waals surface area contributed by atoms with Crippen LogP contribution in [0.3, 0.4) is 0 Å². The second-order valence-electron chi connectivity index (χ2n) is 4.38. The van der Waals surface area contributed by atoms with Crippen molar-refractivity contribution < 1.29 is 37.8 Å². The van der Waals surface area contributed by atoms with Gasteiger partial charge in [-0.3, -0.25) is 0 Å². The van der Waals surface area contributed by atoms with E-state index in [1.54, 1.807) is 13.0 Å². The van der Waals surface area contributed by atoms with Crippen molar-refractivity contribution in [2.24, 2.45) is 0 Å². The van der Waals surface area contributed by atoms with Crippen LogP contribution < -0.4 is 5.43 Å². The molecule has 1 radical (unpaired) electrons. The summed E-state index contributed by atoms with van der Waals surface area (Å²) in [6, 6.07) is 6.50. The van der Waals surface area contributed by atoms with E-state index < -0.39 is 5.44 Å². The van der Waals surface area contributed by atoms with Crippen LogP contribution in [0, 0.1) is 13.0 Å². The second-order valence-corrected chi connectivity index (χ2v) is 5.54. The summed E-state index contributed by atoms with van der Waals surface area (Å²) >= 11 is 1.39. The Kier molecular flexibility index (Phi) is 4.03. The number of hydrogen-bond donors (Lipinski definition) is 1. The number of aliphatic hydroxyl groups excluding tert-OH is 1. The third-order valence-corrected chi connectivity index (χ3v) is 4.42. The molecule has 18 heavy (non-hydrogen) atoms. The molecule has 91 valence electrons. The maximum atomic E-state index is 12.1. The quantitative estimate of drug-likeness (QED) is 0.750. The van der Waals surface area contributed by atoms with Crippen molar-refractivity contribution in [2.45, 2.75) is 30.2 Å². The van der Waals surface area contributed by atoms with Crippen LogP contribution in [0.15, 0.2) is 28.0 Å². The van der Waals surface area contributed by atoms with Gasteiger partial charge in [0.2, 0.25) is 0 Å². The number of thioether (sulfide) groups is 1. The summed E-state index contributed by atoms with van der Waals surface area (Å²) in [7, 11) is 0. The van der Waals surface area contributed by atoms with Gasteiger partial charge in [0.1, 0.15) is 10.9 Å². The molecule has 2 atom stereocenters. The summed E-state index contributed by atoms with van der Waals surface area (Å²) in [6.07, 6.45) is 1.84. The first kappa shape index (κ1) is 14.3. The minimum absolute atomic E-state index is 0. The van der Waals surface area contributed by atoms with E-state index in [2.05, 4.69) is 6.07 Å². The monoisotopic (exact) mass is 335 g/mol. The fraction of sp³-hybridized carbons (Fsp3) is 0.308. The Morgan fingerprint density at radius 1 is 1.44 bits per heavy atom. The van der Waals surface area contributed by atoms with Crippen LogP contribution in [0.25, 0.3) is 10.9 Å². The average molecular weight is 335 g/mol. The van der Waals surface area contributed by atoms with E-state index in [9.17, 15) is 9.90 Å². The van der Waals surface area contributed by atoms with Crippen molar-refractivity contribution in [2.75, 3.05) is 0 Å². The van der Waals surface area contributed by atoms with Crippen LogP contribution in [0.4, 0.5) is 0 Å². The van der Waals surface area contributed by atoms with Crippen molar-refractivity contribution in [1.29, 1.82) is 0 Å². The zero-order valence-electron chi connectivity index (χ0n) is 10.2. The Bertz CT molecular complexity index is 668. The number of pyridine rings is 1. The maximum absolute atomic E-state index is 12.1. The molecule has 1 aliphatic rings. The van der Waals surface area contributed by atoms with Gasteiger partial charge in [-0.2, -0.15) is 30.0 Å².